The van der Waals surface area contributed by atoms with Crippen molar-refractivity contribution in [1.29, 1.82) is 0 Å². The predicted octanol–water partition coefficient (Wildman–Crippen LogP) is 1.61. The summed E-state index contributed by atoms with van der Waals surface area (Å²) in [4.78, 5) is 16.0. The van der Waals surface area contributed by atoms with E-state index in [1.807, 2.05) is 26.0 Å². The van der Waals surface area contributed by atoms with Crippen molar-refractivity contribution < 1.29 is 9.53 Å². The van der Waals surface area contributed by atoms with E-state index in [-0.39, 0.29) is 12.1 Å². The minimum absolute atomic E-state index is 0.119. The summed E-state index contributed by atoms with van der Waals surface area (Å²) in [5, 5.41) is 5.66. The van der Waals surface area contributed by atoms with Crippen molar-refractivity contribution in [2.45, 2.75) is 26.3 Å². The van der Waals surface area contributed by atoms with Crippen LogP contribution in [0.3, 0.4) is 0 Å². The molecule has 0 bridgehead atoms. The van der Waals surface area contributed by atoms with Crippen LogP contribution in [0.15, 0.2) is 12.1 Å². The van der Waals surface area contributed by atoms with Gasteiger partial charge in [-0.1, -0.05) is 0 Å². The zero-order valence-electron chi connectivity index (χ0n) is 10.1. The lowest BCUT2D eigenvalue weighted by atomic mass is 10.2. The smallest absolute Gasteiger partial charge is 0.319 e. The molecule has 1 atom stereocenters. The number of ether oxygens (including phenoxy) is 1. The summed E-state index contributed by atoms with van der Waals surface area (Å²) < 4.78 is 5.19. The van der Waals surface area contributed by atoms with Gasteiger partial charge in [-0.05, 0) is 32.4 Å². The van der Waals surface area contributed by atoms with Gasteiger partial charge >= 0.3 is 6.03 Å². The summed E-state index contributed by atoms with van der Waals surface area (Å²) in [5.74, 6) is 0. The first kappa shape index (κ1) is 11.9. The Morgan fingerprint density at radius 3 is 2.94 bits per heavy atom. The molecular weight excluding hydrogens is 218 g/mol. The number of hydrogen-bond donors (Lipinski definition) is 2. The van der Waals surface area contributed by atoms with Crippen LogP contribution in [0.5, 0.6) is 0 Å². The number of anilines is 1. The molecule has 2 N–H and O–H groups in total. The van der Waals surface area contributed by atoms with Crippen molar-refractivity contribution in [3.8, 4) is 0 Å². The van der Waals surface area contributed by atoms with Crippen LogP contribution >= 0.6 is 0 Å². The van der Waals surface area contributed by atoms with Crippen molar-refractivity contribution in [2.75, 3.05) is 18.5 Å². The van der Waals surface area contributed by atoms with Gasteiger partial charge in [0, 0.05) is 12.3 Å². The molecule has 1 aromatic rings. The highest BCUT2D eigenvalue weighted by Gasteiger charge is 2.17. The molecule has 1 unspecified atom stereocenters. The second-order valence-corrected chi connectivity index (χ2v) is 4.24. The Balaban J connectivity index is 1.93. The Morgan fingerprint density at radius 2 is 2.29 bits per heavy atom. The summed E-state index contributed by atoms with van der Waals surface area (Å²) in [7, 11) is 0. The monoisotopic (exact) mass is 235 g/mol. The van der Waals surface area contributed by atoms with E-state index < -0.39 is 0 Å². The molecule has 0 aliphatic carbocycles. The Labute approximate surface area is 101 Å². The summed E-state index contributed by atoms with van der Waals surface area (Å²) in [6, 6.07) is 3.66. The molecule has 17 heavy (non-hydrogen) atoms. The highest BCUT2D eigenvalue weighted by atomic mass is 16.5. The normalized spacial score (nSPS) is 19.1. The Bertz CT molecular complexity index is 414. The third-order valence-corrected chi connectivity index (χ3v) is 2.74. The fourth-order valence-corrected chi connectivity index (χ4v) is 1.81. The van der Waals surface area contributed by atoms with Crippen LogP contribution < -0.4 is 10.6 Å². The van der Waals surface area contributed by atoms with Crippen LogP contribution in [0.25, 0.3) is 0 Å². The quantitative estimate of drug-likeness (QED) is 0.818. The van der Waals surface area contributed by atoms with E-state index in [1.165, 1.54) is 0 Å². The number of aromatic nitrogens is 1. The van der Waals surface area contributed by atoms with E-state index in [0.717, 1.165) is 30.1 Å². The van der Waals surface area contributed by atoms with Gasteiger partial charge < -0.3 is 15.4 Å². The number of rotatable bonds is 2. The summed E-state index contributed by atoms with van der Waals surface area (Å²) in [6.45, 7) is 5.11. The third kappa shape index (κ3) is 3.17. The molecule has 92 valence electrons. The first-order chi connectivity index (χ1) is 8.15. The molecule has 1 saturated heterocycles. The van der Waals surface area contributed by atoms with Gasteiger partial charge in [-0.15, -0.1) is 0 Å². The van der Waals surface area contributed by atoms with Crippen LogP contribution in [0.2, 0.25) is 0 Å². The number of pyridine rings is 1. The van der Waals surface area contributed by atoms with Gasteiger partial charge in [-0.3, -0.25) is 4.98 Å². The number of amides is 2. The van der Waals surface area contributed by atoms with Gasteiger partial charge in [0.1, 0.15) is 0 Å². The van der Waals surface area contributed by atoms with Crippen molar-refractivity contribution in [1.82, 2.24) is 10.3 Å². The molecule has 5 nitrogen and oxygen atoms in total. The third-order valence-electron chi connectivity index (χ3n) is 2.74. The standard InChI is InChI=1S/C12H17N3O2/c1-8-3-4-11(9(2)13-8)15-12(16)14-10-5-6-17-7-10/h3-4,10H,5-7H2,1-2H3,(H2,14,15,16). The summed E-state index contributed by atoms with van der Waals surface area (Å²) in [6.07, 6.45) is 0.874. The average Bonchev–Trinajstić information content (AvgIpc) is 2.75. The maximum atomic E-state index is 11.7. The lowest BCUT2D eigenvalue weighted by molar-refractivity contribution is 0.189. The minimum Gasteiger partial charge on any atom is -0.379 e. The number of nitrogens with zero attached hydrogens (tertiary/aromatic N) is 1. The molecule has 0 aromatic carbocycles. The lowest BCUT2D eigenvalue weighted by Gasteiger charge is -2.13. The number of urea groups is 1. The molecule has 1 aromatic heterocycles. The van der Waals surface area contributed by atoms with Crippen molar-refractivity contribution in [3.63, 3.8) is 0 Å². The Morgan fingerprint density at radius 1 is 1.47 bits per heavy atom. The Kier molecular flexibility index (Phi) is 3.58. The zero-order valence-corrected chi connectivity index (χ0v) is 10.1. The lowest BCUT2D eigenvalue weighted by Crippen LogP contribution is -2.38. The van der Waals surface area contributed by atoms with Gasteiger partial charge in [0.15, 0.2) is 0 Å². The maximum absolute atomic E-state index is 11.7. The SMILES string of the molecule is Cc1ccc(NC(=O)NC2CCOC2)c(C)n1. The largest absolute Gasteiger partial charge is 0.379 e. The molecule has 1 aliphatic rings. The zero-order chi connectivity index (χ0) is 12.3. The second-order valence-electron chi connectivity index (χ2n) is 4.24. The topological polar surface area (TPSA) is 63.2 Å². The molecule has 2 amide bonds. The molecule has 5 heteroatoms. The van der Waals surface area contributed by atoms with Crippen LogP contribution in [0.1, 0.15) is 17.8 Å². The Hall–Kier alpha value is -1.62. The number of carbonyl (C=O) groups is 1. The van der Waals surface area contributed by atoms with E-state index in [2.05, 4.69) is 15.6 Å². The summed E-state index contributed by atoms with van der Waals surface area (Å²) in [5.41, 5.74) is 2.51. The fourth-order valence-electron chi connectivity index (χ4n) is 1.81. The second kappa shape index (κ2) is 5.14. The summed E-state index contributed by atoms with van der Waals surface area (Å²) >= 11 is 0. The van der Waals surface area contributed by atoms with Crippen LogP contribution in [-0.4, -0.2) is 30.3 Å². The number of nitrogens with one attached hydrogen (secondary N) is 2. The van der Waals surface area contributed by atoms with Crippen LogP contribution in [0, 0.1) is 13.8 Å². The minimum atomic E-state index is -0.200. The van der Waals surface area contributed by atoms with E-state index in [9.17, 15) is 4.79 Å². The molecule has 0 spiro atoms. The maximum Gasteiger partial charge on any atom is 0.319 e. The van der Waals surface area contributed by atoms with Gasteiger partial charge in [0.05, 0.1) is 24.0 Å². The molecular formula is C12H17N3O2. The van der Waals surface area contributed by atoms with E-state index in [1.54, 1.807) is 0 Å². The van der Waals surface area contributed by atoms with Crippen LogP contribution in [-0.2, 0) is 4.74 Å². The number of carbonyl (C=O) groups excluding carboxylic acids is 1. The van der Waals surface area contributed by atoms with Gasteiger partial charge in [0.25, 0.3) is 0 Å². The van der Waals surface area contributed by atoms with E-state index in [0.29, 0.717) is 6.61 Å². The highest BCUT2D eigenvalue weighted by molar-refractivity contribution is 5.90. The molecule has 1 fully saturated rings. The van der Waals surface area contributed by atoms with Crippen molar-refractivity contribution in [3.05, 3.63) is 23.5 Å². The number of hydrogen-bond acceptors (Lipinski definition) is 3. The molecule has 0 radical (unpaired) electrons. The van der Waals surface area contributed by atoms with Crippen LogP contribution in [0.4, 0.5) is 10.5 Å². The number of aryl methyl sites for hydroxylation is 2. The molecule has 2 rings (SSSR count). The molecule has 1 aliphatic heterocycles. The molecule has 2 heterocycles. The predicted molar refractivity (Wildman–Crippen MR) is 65.1 cm³/mol. The molecule has 0 saturated carbocycles. The van der Waals surface area contributed by atoms with E-state index >= 15 is 0 Å². The van der Waals surface area contributed by atoms with Gasteiger partial charge in [0.2, 0.25) is 0 Å². The average molecular weight is 235 g/mol. The van der Waals surface area contributed by atoms with Gasteiger partial charge in [-0.2, -0.15) is 0 Å². The first-order valence-corrected chi connectivity index (χ1v) is 5.74. The van der Waals surface area contributed by atoms with Gasteiger partial charge in [-0.25, -0.2) is 4.79 Å². The fraction of sp³-hybridized carbons (Fsp3) is 0.500. The van der Waals surface area contributed by atoms with Crippen molar-refractivity contribution >= 4 is 11.7 Å². The van der Waals surface area contributed by atoms with E-state index in [4.69, 9.17) is 4.74 Å². The van der Waals surface area contributed by atoms with Crippen molar-refractivity contribution in [2.24, 2.45) is 0 Å². The highest BCUT2D eigenvalue weighted by Crippen LogP contribution is 2.12. The first-order valence-electron chi connectivity index (χ1n) is 5.74.